The molecule has 3 N–H and O–H groups in total. The fourth-order valence-corrected chi connectivity index (χ4v) is 2.51. The lowest BCUT2D eigenvalue weighted by molar-refractivity contribution is -0.137. The van der Waals surface area contributed by atoms with E-state index in [-0.39, 0.29) is 11.6 Å². The molecule has 0 radical (unpaired) electrons. The standard InChI is InChI=1S/C20H22F3N3O2/c1-12(2)17(24-18(27)14-10-8-13(3)9-11-14)19(28)26-25-16-7-5-4-6-15(16)20(21,22)23/h4-12,17,25H,1-3H3,(H,24,27)(H,26,28). The van der Waals surface area contributed by atoms with E-state index in [1.165, 1.54) is 18.2 Å². The first-order valence-corrected chi connectivity index (χ1v) is 8.69. The number of alkyl halides is 3. The van der Waals surface area contributed by atoms with E-state index >= 15 is 0 Å². The van der Waals surface area contributed by atoms with E-state index in [2.05, 4.69) is 16.2 Å². The number of para-hydroxylation sites is 1. The van der Waals surface area contributed by atoms with Gasteiger partial charge in [0.25, 0.3) is 11.8 Å². The van der Waals surface area contributed by atoms with Gasteiger partial charge in [0.15, 0.2) is 0 Å². The third-order valence-corrected chi connectivity index (χ3v) is 4.10. The minimum atomic E-state index is -4.56. The van der Waals surface area contributed by atoms with E-state index in [1.54, 1.807) is 38.1 Å². The second-order valence-electron chi connectivity index (χ2n) is 6.72. The molecule has 2 rings (SSSR count). The Morgan fingerprint density at radius 1 is 0.964 bits per heavy atom. The molecule has 0 spiro atoms. The van der Waals surface area contributed by atoms with Crippen LogP contribution in [0.4, 0.5) is 18.9 Å². The van der Waals surface area contributed by atoms with Crippen molar-refractivity contribution in [2.75, 3.05) is 5.43 Å². The molecule has 0 aliphatic carbocycles. The van der Waals surface area contributed by atoms with Gasteiger partial charge in [-0.3, -0.25) is 20.4 Å². The minimum Gasteiger partial charge on any atom is -0.340 e. The highest BCUT2D eigenvalue weighted by molar-refractivity contribution is 5.97. The van der Waals surface area contributed by atoms with Crippen molar-refractivity contribution in [1.29, 1.82) is 0 Å². The Kier molecular flexibility index (Phi) is 6.66. The number of benzene rings is 2. The number of hydrogen-bond donors (Lipinski definition) is 3. The third-order valence-electron chi connectivity index (χ3n) is 4.10. The van der Waals surface area contributed by atoms with E-state index in [9.17, 15) is 22.8 Å². The topological polar surface area (TPSA) is 70.2 Å². The highest BCUT2D eigenvalue weighted by Gasteiger charge is 2.33. The predicted molar refractivity (Wildman–Crippen MR) is 100 cm³/mol. The zero-order valence-electron chi connectivity index (χ0n) is 15.7. The van der Waals surface area contributed by atoms with E-state index in [1.807, 2.05) is 6.92 Å². The molecular weight excluding hydrogens is 371 g/mol. The summed E-state index contributed by atoms with van der Waals surface area (Å²) in [6.45, 7) is 5.34. The first-order chi connectivity index (χ1) is 13.1. The highest BCUT2D eigenvalue weighted by Crippen LogP contribution is 2.34. The van der Waals surface area contributed by atoms with Crippen LogP contribution in [0.25, 0.3) is 0 Å². The van der Waals surface area contributed by atoms with E-state index in [4.69, 9.17) is 0 Å². The molecule has 0 aliphatic heterocycles. The molecule has 2 aromatic carbocycles. The van der Waals surface area contributed by atoms with Crippen LogP contribution in [-0.4, -0.2) is 17.9 Å². The van der Waals surface area contributed by atoms with Crippen molar-refractivity contribution in [3.05, 3.63) is 65.2 Å². The first-order valence-electron chi connectivity index (χ1n) is 8.69. The molecule has 8 heteroatoms. The fraction of sp³-hybridized carbons (Fsp3) is 0.300. The average Bonchev–Trinajstić information content (AvgIpc) is 2.63. The van der Waals surface area contributed by atoms with Crippen molar-refractivity contribution in [2.24, 2.45) is 5.92 Å². The summed E-state index contributed by atoms with van der Waals surface area (Å²) in [5.41, 5.74) is 4.75. The maximum Gasteiger partial charge on any atom is 0.418 e. The number of rotatable bonds is 6. The van der Waals surface area contributed by atoms with Gasteiger partial charge in [-0.05, 0) is 37.1 Å². The molecular formula is C20H22F3N3O2. The molecule has 0 saturated heterocycles. The molecule has 150 valence electrons. The van der Waals surface area contributed by atoms with Crippen molar-refractivity contribution in [3.63, 3.8) is 0 Å². The second-order valence-corrected chi connectivity index (χ2v) is 6.72. The van der Waals surface area contributed by atoms with Crippen LogP contribution in [-0.2, 0) is 11.0 Å². The van der Waals surface area contributed by atoms with E-state index in [0.717, 1.165) is 11.6 Å². The van der Waals surface area contributed by atoms with Gasteiger partial charge in [-0.1, -0.05) is 43.7 Å². The lowest BCUT2D eigenvalue weighted by Gasteiger charge is -2.23. The van der Waals surface area contributed by atoms with Crippen molar-refractivity contribution >= 4 is 17.5 Å². The van der Waals surface area contributed by atoms with Gasteiger partial charge in [0.1, 0.15) is 6.04 Å². The number of hydrazine groups is 1. The summed E-state index contributed by atoms with van der Waals surface area (Å²) < 4.78 is 39.1. The SMILES string of the molecule is Cc1ccc(C(=O)NC(C(=O)NNc2ccccc2C(F)(F)F)C(C)C)cc1. The van der Waals surface area contributed by atoms with Gasteiger partial charge < -0.3 is 5.32 Å². The molecule has 5 nitrogen and oxygen atoms in total. The van der Waals surface area contributed by atoms with Gasteiger partial charge in [0, 0.05) is 5.56 Å². The van der Waals surface area contributed by atoms with Crippen LogP contribution in [0, 0.1) is 12.8 Å². The third kappa shape index (κ3) is 5.48. The molecule has 2 amide bonds. The number of halogens is 3. The molecule has 0 bridgehead atoms. The van der Waals surface area contributed by atoms with Gasteiger partial charge in [-0.2, -0.15) is 13.2 Å². The van der Waals surface area contributed by atoms with E-state index < -0.39 is 29.6 Å². The summed E-state index contributed by atoms with van der Waals surface area (Å²) in [5.74, 6) is -1.37. The van der Waals surface area contributed by atoms with Crippen molar-refractivity contribution in [1.82, 2.24) is 10.7 Å². The molecule has 1 unspecified atom stereocenters. The molecule has 28 heavy (non-hydrogen) atoms. The van der Waals surface area contributed by atoms with Gasteiger partial charge in [0.2, 0.25) is 0 Å². The normalized spacial score (nSPS) is 12.4. The van der Waals surface area contributed by atoms with Crippen molar-refractivity contribution in [2.45, 2.75) is 33.0 Å². The highest BCUT2D eigenvalue weighted by atomic mass is 19.4. The monoisotopic (exact) mass is 393 g/mol. The Hall–Kier alpha value is -3.03. The number of hydrogen-bond acceptors (Lipinski definition) is 3. The number of anilines is 1. The predicted octanol–water partition coefficient (Wildman–Crippen LogP) is 3.91. The fourth-order valence-electron chi connectivity index (χ4n) is 2.51. The van der Waals surface area contributed by atoms with Crippen molar-refractivity contribution < 1.29 is 22.8 Å². The summed E-state index contributed by atoms with van der Waals surface area (Å²) in [5, 5.41) is 2.62. The Morgan fingerprint density at radius 2 is 1.57 bits per heavy atom. The quantitative estimate of drug-likeness (QED) is 0.652. The number of nitrogens with one attached hydrogen (secondary N) is 3. The first kappa shape index (κ1) is 21.3. The van der Waals surface area contributed by atoms with Crippen LogP contribution in [0.5, 0.6) is 0 Å². The van der Waals surface area contributed by atoms with Crippen LogP contribution in [0.2, 0.25) is 0 Å². The van der Waals surface area contributed by atoms with Gasteiger partial charge in [-0.25, -0.2) is 0 Å². The molecule has 0 aromatic heterocycles. The van der Waals surface area contributed by atoms with E-state index in [0.29, 0.717) is 5.56 Å². The second kappa shape index (κ2) is 8.77. The molecule has 0 fully saturated rings. The number of carbonyl (C=O) groups excluding carboxylic acids is 2. The summed E-state index contributed by atoms with van der Waals surface area (Å²) in [6.07, 6.45) is -4.56. The Bertz CT molecular complexity index is 833. The lowest BCUT2D eigenvalue weighted by Crippen LogP contribution is -2.51. The molecule has 0 aliphatic rings. The number of amides is 2. The smallest absolute Gasteiger partial charge is 0.340 e. The molecule has 1 atom stereocenters. The molecule has 0 heterocycles. The summed E-state index contributed by atoms with van der Waals surface area (Å²) >= 11 is 0. The van der Waals surface area contributed by atoms with Gasteiger partial charge in [-0.15, -0.1) is 0 Å². The maximum absolute atomic E-state index is 13.0. The largest absolute Gasteiger partial charge is 0.418 e. The Morgan fingerprint density at radius 3 is 2.14 bits per heavy atom. The maximum atomic E-state index is 13.0. The summed E-state index contributed by atoms with van der Waals surface area (Å²) in [7, 11) is 0. The average molecular weight is 393 g/mol. The van der Waals surface area contributed by atoms with Crippen LogP contribution in [0.1, 0.15) is 35.3 Å². The molecule has 0 saturated carbocycles. The Balaban J connectivity index is 2.08. The van der Waals surface area contributed by atoms with Crippen LogP contribution < -0.4 is 16.2 Å². The van der Waals surface area contributed by atoms with Crippen LogP contribution in [0.15, 0.2) is 48.5 Å². The minimum absolute atomic E-state index is 0.282. The van der Waals surface area contributed by atoms with Gasteiger partial charge in [0.05, 0.1) is 11.3 Å². The van der Waals surface area contributed by atoms with Gasteiger partial charge >= 0.3 is 6.18 Å². The Labute approximate surface area is 161 Å². The molecule has 2 aromatic rings. The number of carbonyl (C=O) groups is 2. The zero-order valence-corrected chi connectivity index (χ0v) is 15.7. The summed E-state index contributed by atoms with van der Waals surface area (Å²) in [4.78, 5) is 24.8. The van der Waals surface area contributed by atoms with Crippen molar-refractivity contribution in [3.8, 4) is 0 Å². The zero-order chi connectivity index (χ0) is 20.9. The van der Waals surface area contributed by atoms with Crippen LogP contribution in [0.3, 0.4) is 0 Å². The summed E-state index contributed by atoms with van der Waals surface area (Å²) in [6, 6.07) is 10.7. The van der Waals surface area contributed by atoms with Crippen LogP contribution >= 0.6 is 0 Å². The number of aryl methyl sites for hydroxylation is 1. The lowest BCUT2D eigenvalue weighted by atomic mass is 10.0.